The van der Waals surface area contributed by atoms with Crippen molar-refractivity contribution >= 4 is 33.2 Å². The number of carbonyl (C=O) groups is 1. The summed E-state index contributed by atoms with van der Waals surface area (Å²) in [6, 6.07) is 10.8. The van der Waals surface area contributed by atoms with Crippen LogP contribution in [0.5, 0.6) is 5.75 Å². The van der Waals surface area contributed by atoms with Crippen LogP contribution in [0.1, 0.15) is 17.3 Å². The summed E-state index contributed by atoms with van der Waals surface area (Å²) in [5, 5.41) is 13.3. The zero-order chi connectivity index (χ0) is 16.1. The highest BCUT2D eigenvalue weighted by Crippen LogP contribution is 2.25. The van der Waals surface area contributed by atoms with Gasteiger partial charge in [-0.3, -0.25) is 14.9 Å². The lowest BCUT2D eigenvalue weighted by Crippen LogP contribution is -2.13. The Morgan fingerprint density at radius 1 is 1.27 bits per heavy atom. The van der Waals surface area contributed by atoms with E-state index in [0.29, 0.717) is 23.6 Å². The molecule has 0 aliphatic carbocycles. The first-order valence-corrected chi connectivity index (χ1v) is 7.28. The molecule has 0 aliphatic rings. The molecule has 0 fully saturated rings. The van der Waals surface area contributed by atoms with Crippen LogP contribution in [-0.2, 0) is 0 Å². The fraction of sp³-hybridized carbons (Fsp3) is 0.133. The molecule has 0 aliphatic heterocycles. The van der Waals surface area contributed by atoms with Gasteiger partial charge in [-0.15, -0.1) is 0 Å². The molecule has 22 heavy (non-hydrogen) atoms. The second kappa shape index (κ2) is 7.04. The zero-order valence-electron chi connectivity index (χ0n) is 11.7. The second-order valence-corrected chi connectivity index (χ2v) is 5.25. The quantitative estimate of drug-likeness (QED) is 0.641. The van der Waals surface area contributed by atoms with Gasteiger partial charge in [0.05, 0.1) is 17.1 Å². The van der Waals surface area contributed by atoms with Gasteiger partial charge in [0.15, 0.2) is 0 Å². The average molecular weight is 365 g/mol. The van der Waals surface area contributed by atoms with Crippen molar-refractivity contribution in [3.63, 3.8) is 0 Å². The van der Waals surface area contributed by atoms with Crippen LogP contribution >= 0.6 is 15.9 Å². The summed E-state index contributed by atoms with van der Waals surface area (Å²) < 4.78 is 6.18. The van der Waals surface area contributed by atoms with Crippen LogP contribution < -0.4 is 10.1 Å². The van der Waals surface area contributed by atoms with E-state index in [4.69, 9.17) is 4.74 Å². The molecule has 7 heteroatoms. The highest BCUT2D eigenvalue weighted by molar-refractivity contribution is 9.10. The predicted octanol–water partition coefficient (Wildman–Crippen LogP) is 4.01. The molecule has 2 aromatic rings. The Labute approximate surface area is 135 Å². The van der Waals surface area contributed by atoms with Crippen LogP contribution in [0.25, 0.3) is 0 Å². The number of carbonyl (C=O) groups excluding carboxylic acids is 1. The lowest BCUT2D eigenvalue weighted by molar-refractivity contribution is -0.384. The highest BCUT2D eigenvalue weighted by atomic mass is 79.9. The van der Waals surface area contributed by atoms with Crippen molar-refractivity contribution in [1.29, 1.82) is 0 Å². The van der Waals surface area contributed by atoms with Crippen molar-refractivity contribution in [2.45, 2.75) is 6.92 Å². The lowest BCUT2D eigenvalue weighted by Gasteiger charge is -2.11. The first-order valence-electron chi connectivity index (χ1n) is 6.49. The van der Waals surface area contributed by atoms with Crippen molar-refractivity contribution in [3.05, 3.63) is 62.6 Å². The number of anilines is 1. The Bertz CT molecular complexity index is 701. The molecule has 0 atom stereocenters. The van der Waals surface area contributed by atoms with Crippen LogP contribution in [-0.4, -0.2) is 17.4 Å². The third-order valence-electron chi connectivity index (χ3n) is 2.82. The number of amides is 1. The number of nitrogens with zero attached hydrogens (tertiary/aromatic N) is 1. The van der Waals surface area contributed by atoms with Gasteiger partial charge in [0.1, 0.15) is 5.75 Å². The summed E-state index contributed by atoms with van der Waals surface area (Å²) in [4.78, 5) is 22.4. The molecular weight excluding hydrogens is 352 g/mol. The SMILES string of the molecule is CCOc1ccc(Br)cc1C(=O)Nc1ccc([N+](=O)[O-])cc1. The second-order valence-electron chi connectivity index (χ2n) is 4.33. The molecule has 1 amide bonds. The van der Waals surface area contributed by atoms with E-state index in [1.807, 2.05) is 6.92 Å². The minimum Gasteiger partial charge on any atom is -0.493 e. The van der Waals surface area contributed by atoms with Gasteiger partial charge in [-0.1, -0.05) is 15.9 Å². The lowest BCUT2D eigenvalue weighted by atomic mass is 10.2. The van der Waals surface area contributed by atoms with Gasteiger partial charge in [-0.05, 0) is 37.3 Å². The number of benzene rings is 2. The van der Waals surface area contributed by atoms with Crippen LogP contribution in [0.2, 0.25) is 0 Å². The number of nitrogens with one attached hydrogen (secondary N) is 1. The molecule has 2 rings (SSSR count). The number of rotatable bonds is 5. The van der Waals surface area contributed by atoms with Gasteiger partial charge in [0, 0.05) is 22.3 Å². The topological polar surface area (TPSA) is 81.5 Å². The molecular formula is C15H13BrN2O4. The number of nitro benzene ring substituents is 1. The average Bonchev–Trinajstić information content (AvgIpc) is 2.49. The van der Waals surface area contributed by atoms with E-state index in [1.165, 1.54) is 24.3 Å². The molecule has 0 bridgehead atoms. The van der Waals surface area contributed by atoms with Crippen molar-refractivity contribution in [2.75, 3.05) is 11.9 Å². The molecule has 2 aromatic carbocycles. The smallest absolute Gasteiger partial charge is 0.269 e. The highest BCUT2D eigenvalue weighted by Gasteiger charge is 2.14. The Morgan fingerprint density at radius 2 is 1.95 bits per heavy atom. The first-order chi connectivity index (χ1) is 10.5. The van der Waals surface area contributed by atoms with Crippen molar-refractivity contribution in [3.8, 4) is 5.75 Å². The number of hydrogen-bond acceptors (Lipinski definition) is 4. The zero-order valence-corrected chi connectivity index (χ0v) is 13.3. The number of halogens is 1. The summed E-state index contributed by atoms with van der Waals surface area (Å²) in [7, 11) is 0. The van der Waals surface area contributed by atoms with Crippen LogP contribution in [0, 0.1) is 10.1 Å². The van der Waals surface area contributed by atoms with E-state index in [2.05, 4.69) is 21.2 Å². The normalized spacial score (nSPS) is 10.1. The van der Waals surface area contributed by atoms with Crippen molar-refractivity contribution in [1.82, 2.24) is 0 Å². The van der Waals surface area contributed by atoms with Gasteiger partial charge in [0.25, 0.3) is 11.6 Å². The maximum Gasteiger partial charge on any atom is 0.269 e. The van der Waals surface area contributed by atoms with Gasteiger partial charge in [-0.2, -0.15) is 0 Å². The molecule has 0 radical (unpaired) electrons. The monoisotopic (exact) mass is 364 g/mol. The van der Waals surface area contributed by atoms with Crippen LogP contribution in [0.15, 0.2) is 46.9 Å². The summed E-state index contributed by atoms with van der Waals surface area (Å²) in [5.41, 5.74) is 0.822. The summed E-state index contributed by atoms with van der Waals surface area (Å²) in [6.07, 6.45) is 0. The third kappa shape index (κ3) is 3.82. The molecule has 0 unspecified atom stereocenters. The Morgan fingerprint density at radius 3 is 2.55 bits per heavy atom. The largest absolute Gasteiger partial charge is 0.493 e. The number of non-ortho nitro benzene ring substituents is 1. The van der Waals surface area contributed by atoms with Gasteiger partial charge in [0.2, 0.25) is 0 Å². The standard InChI is InChI=1S/C15H13BrN2O4/c1-2-22-14-8-3-10(16)9-13(14)15(19)17-11-4-6-12(7-5-11)18(20)21/h3-9H,2H2,1H3,(H,17,19). The van der Waals surface area contributed by atoms with E-state index in [1.54, 1.807) is 18.2 Å². The number of hydrogen-bond donors (Lipinski definition) is 1. The van der Waals surface area contributed by atoms with Crippen molar-refractivity contribution < 1.29 is 14.5 Å². The Kier molecular flexibility index (Phi) is 5.11. The third-order valence-corrected chi connectivity index (χ3v) is 3.32. The molecule has 0 saturated carbocycles. The maximum atomic E-state index is 12.3. The van der Waals surface area contributed by atoms with Gasteiger partial charge >= 0.3 is 0 Å². The maximum absolute atomic E-state index is 12.3. The van der Waals surface area contributed by atoms with Gasteiger partial charge in [-0.25, -0.2) is 0 Å². The van der Waals surface area contributed by atoms with E-state index < -0.39 is 4.92 Å². The molecule has 0 heterocycles. The summed E-state index contributed by atoms with van der Waals surface area (Å²) in [5.74, 6) is 0.128. The van der Waals surface area contributed by atoms with E-state index in [9.17, 15) is 14.9 Å². The van der Waals surface area contributed by atoms with Crippen LogP contribution in [0.4, 0.5) is 11.4 Å². The molecule has 6 nitrogen and oxygen atoms in total. The van der Waals surface area contributed by atoms with Gasteiger partial charge < -0.3 is 10.1 Å². The fourth-order valence-electron chi connectivity index (χ4n) is 1.83. The van der Waals surface area contributed by atoms with E-state index >= 15 is 0 Å². The number of nitro groups is 1. The summed E-state index contributed by atoms with van der Waals surface area (Å²) >= 11 is 3.32. The molecule has 114 valence electrons. The van der Waals surface area contributed by atoms with E-state index in [0.717, 1.165) is 4.47 Å². The predicted molar refractivity (Wildman–Crippen MR) is 86.4 cm³/mol. The Hall–Kier alpha value is -2.41. The molecule has 1 N–H and O–H groups in total. The minimum absolute atomic E-state index is 0.0320. The Balaban J connectivity index is 2.21. The van der Waals surface area contributed by atoms with Crippen molar-refractivity contribution in [2.24, 2.45) is 0 Å². The van der Waals surface area contributed by atoms with E-state index in [-0.39, 0.29) is 11.6 Å². The molecule has 0 aromatic heterocycles. The molecule has 0 spiro atoms. The summed E-state index contributed by atoms with van der Waals surface area (Å²) in [6.45, 7) is 2.28. The fourth-order valence-corrected chi connectivity index (χ4v) is 2.19. The molecule has 0 saturated heterocycles. The number of ether oxygens (including phenoxy) is 1. The van der Waals surface area contributed by atoms with Crippen LogP contribution in [0.3, 0.4) is 0 Å². The minimum atomic E-state index is -0.493. The first kappa shape index (κ1) is 16.0.